The van der Waals surface area contributed by atoms with Crippen LogP contribution in [0.5, 0.6) is 0 Å². The van der Waals surface area contributed by atoms with Crippen molar-refractivity contribution >= 4 is 34.8 Å². The molecule has 0 aromatic heterocycles. The lowest BCUT2D eigenvalue weighted by atomic mass is 9.88. The predicted molar refractivity (Wildman–Crippen MR) is 81.1 cm³/mol. The Bertz CT molecular complexity index is 657. The summed E-state index contributed by atoms with van der Waals surface area (Å²) in [6.45, 7) is 0. The predicted octanol–water partition coefficient (Wildman–Crippen LogP) is 3.41. The number of halogens is 2. The van der Waals surface area contributed by atoms with Crippen LogP contribution in [0.25, 0.3) is 0 Å². The zero-order valence-corrected chi connectivity index (χ0v) is 12.0. The number of anilines is 1. The van der Waals surface area contributed by atoms with Crippen molar-refractivity contribution in [3.63, 3.8) is 0 Å². The molecule has 102 valence electrons. The first kappa shape index (κ1) is 13.4. The van der Waals surface area contributed by atoms with Crippen LogP contribution in [0.4, 0.5) is 5.69 Å². The topological polar surface area (TPSA) is 46.3 Å². The third kappa shape index (κ3) is 2.08. The van der Waals surface area contributed by atoms with E-state index in [1.807, 2.05) is 18.2 Å². The van der Waals surface area contributed by atoms with E-state index in [1.54, 1.807) is 35.2 Å². The maximum absolute atomic E-state index is 12.1. The molecule has 20 heavy (non-hydrogen) atoms. The summed E-state index contributed by atoms with van der Waals surface area (Å²) in [4.78, 5) is 13.7. The number of amides is 1. The van der Waals surface area contributed by atoms with Crippen LogP contribution in [0.1, 0.15) is 11.6 Å². The lowest BCUT2D eigenvalue weighted by molar-refractivity contribution is -0.126. The Labute approximate surface area is 126 Å². The molecule has 2 aromatic rings. The Kier molecular flexibility index (Phi) is 3.42. The molecule has 1 amide bonds. The van der Waals surface area contributed by atoms with E-state index in [1.165, 1.54) is 0 Å². The molecule has 1 fully saturated rings. The van der Waals surface area contributed by atoms with E-state index < -0.39 is 6.04 Å². The van der Waals surface area contributed by atoms with Crippen molar-refractivity contribution in [2.75, 3.05) is 4.90 Å². The van der Waals surface area contributed by atoms with Crippen molar-refractivity contribution in [3.8, 4) is 0 Å². The lowest BCUT2D eigenvalue weighted by Crippen LogP contribution is -2.63. The van der Waals surface area contributed by atoms with Gasteiger partial charge in [0.15, 0.2) is 0 Å². The molecule has 1 heterocycles. The largest absolute Gasteiger partial charge is 0.318 e. The standard InChI is InChI=1S/C15H12Cl2N2O/c16-9-5-7-10(8-6-9)19-14(13(18)15(19)20)11-3-1-2-4-12(11)17/h1-8,13-14H,18H2/t13-,14-/m0/s1. The van der Waals surface area contributed by atoms with Gasteiger partial charge in [-0.15, -0.1) is 0 Å². The summed E-state index contributed by atoms with van der Waals surface area (Å²) >= 11 is 12.1. The van der Waals surface area contributed by atoms with E-state index in [4.69, 9.17) is 28.9 Å². The highest BCUT2D eigenvalue weighted by Gasteiger charge is 2.47. The summed E-state index contributed by atoms with van der Waals surface area (Å²) in [6.07, 6.45) is 0. The van der Waals surface area contributed by atoms with Gasteiger partial charge in [-0.1, -0.05) is 41.4 Å². The van der Waals surface area contributed by atoms with E-state index in [9.17, 15) is 4.79 Å². The van der Waals surface area contributed by atoms with E-state index >= 15 is 0 Å². The van der Waals surface area contributed by atoms with Gasteiger partial charge in [-0.05, 0) is 35.9 Å². The lowest BCUT2D eigenvalue weighted by Gasteiger charge is -2.45. The molecule has 5 heteroatoms. The second-order valence-corrected chi connectivity index (χ2v) is 5.52. The average Bonchev–Trinajstić information content (AvgIpc) is 2.46. The fourth-order valence-corrected chi connectivity index (χ4v) is 2.82. The molecular weight excluding hydrogens is 295 g/mol. The smallest absolute Gasteiger partial charge is 0.247 e. The van der Waals surface area contributed by atoms with Gasteiger partial charge >= 0.3 is 0 Å². The minimum Gasteiger partial charge on any atom is -0.318 e. The Morgan fingerprint density at radius 3 is 2.30 bits per heavy atom. The molecule has 0 saturated carbocycles. The van der Waals surface area contributed by atoms with Gasteiger partial charge in [0.1, 0.15) is 6.04 Å². The normalized spacial score (nSPS) is 21.8. The number of carbonyl (C=O) groups excluding carboxylic acids is 1. The molecule has 0 radical (unpaired) electrons. The SMILES string of the molecule is N[C@@H]1C(=O)N(c2ccc(Cl)cc2)[C@H]1c1ccccc1Cl. The molecule has 0 unspecified atom stereocenters. The molecule has 3 nitrogen and oxygen atoms in total. The molecule has 1 aliphatic heterocycles. The maximum Gasteiger partial charge on any atom is 0.247 e. The second-order valence-electron chi connectivity index (χ2n) is 4.68. The monoisotopic (exact) mass is 306 g/mol. The molecule has 2 atom stereocenters. The van der Waals surface area contributed by atoms with Crippen LogP contribution >= 0.6 is 23.2 Å². The summed E-state index contributed by atoms with van der Waals surface area (Å²) in [5.41, 5.74) is 7.58. The van der Waals surface area contributed by atoms with Crippen molar-refractivity contribution in [1.82, 2.24) is 0 Å². The van der Waals surface area contributed by atoms with Crippen LogP contribution in [0.2, 0.25) is 10.0 Å². The highest BCUT2D eigenvalue weighted by Crippen LogP contribution is 2.40. The molecule has 0 spiro atoms. The summed E-state index contributed by atoms with van der Waals surface area (Å²) in [7, 11) is 0. The van der Waals surface area contributed by atoms with E-state index in [0.29, 0.717) is 10.0 Å². The van der Waals surface area contributed by atoms with Crippen LogP contribution in [0.3, 0.4) is 0 Å². The highest BCUT2D eigenvalue weighted by molar-refractivity contribution is 6.31. The Balaban J connectivity index is 2.00. The maximum atomic E-state index is 12.1. The van der Waals surface area contributed by atoms with Crippen LogP contribution in [0.15, 0.2) is 48.5 Å². The molecule has 1 saturated heterocycles. The van der Waals surface area contributed by atoms with Crippen LogP contribution in [0, 0.1) is 0 Å². The molecule has 0 aliphatic carbocycles. The van der Waals surface area contributed by atoms with Crippen molar-refractivity contribution < 1.29 is 4.79 Å². The molecule has 0 bridgehead atoms. The third-order valence-electron chi connectivity index (χ3n) is 3.47. The number of carbonyl (C=O) groups is 1. The number of benzene rings is 2. The second kappa shape index (κ2) is 5.09. The minimum absolute atomic E-state index is 0.114. The van der Waals surface area contributed by atoms with Crippen molar-refractivity contribution in [2.45, 2.75) is 12.1 Å². The van der Waals surface area contributed by atoms with E-state index in [2.05, 4.69) is 0 Å². The van der Waals surface area contributed by atoms with Crippen molar-refractivity contribution in [3.05, 3.63) is 64.1 Å². The number of nitrogens with zero attached hydrogens (tertiary/aromatic N) is 1. The average molecular weight is 307 g/mol. The van der Waals surface area contributed by atoms with Gasteiger partial charge in [0, 0.05) is 15.7 Å². The first-order valence-corrected chi connectivity index (χ1v) is 6.94. The highest BCUT2D eigenvalue weighted by atomic mass is 35.5. The van der Waals surface area contributed by atoms with Gasteiger partial charge in [-0.25, -0.2) is 0 Å². The minimum atomic E-state index is -0.564. The molecular formula is C15H12Cl2N2O. The fourth-order valence-electron chi connectivity index (χ4n) is 2.45. The summed E-state index contributed by atoms with van der Waals surface area (Å²) < 4.78 is 0. The number of hydrogen-bond acceptors (Lipinski definition) is 2. The van der Waals surface area contributed by atoms with Gasteiger partial charge in [0.2, 0.25) is 5.91 Å². The first-order chi connectivity index (χ1) is 9.59. The fraction of sp³-hybridized carbons (Fsp3) is 0.133. The number of β-lactam (4-membered cyclic amide) rings is 1. The summed E-state index contributed by atoms with van der Waals surface area (Å²) in [5, 5.41) is 1.24. The van der Waals surface area contributed by atoms with Gasteiger partial charge in [-0.3, -0.25) is 4.79 Å². The Morgan fingerprint density at radius 2 is 1.65 bits per heavy atom. The molecule has 3 rings (SSSR count). The first-order valence-electron chi connectivity index (χ1n) is 6.18. The van der Waals surface area contributed by atoms with E-state index in [-0.39, 0.29) is 11.9 Å². The van der Waals surface area contributed by atoms with Gasteiger partial charge in [-0.2, -0.15) is 0 Å². The number of rotatable bonds is 2. The van der Waals surface area contributed by atoms with Crippen molar-refractivity contribution in [2.24, 2.45) is 5.73 Å². The van der Waals surface area contributed by atoms with Gasteiger partial charge in [0.25, 0.3) is 0 Å². The summed E-state index contributed by atoms with van der Waals surface area (Å²) in [6, 6.07) is 13.7. The van der Waals surface area contributed by atoms with Crippen LogP contribution in [-0.4, -0.2) is 11.9 Å². The summed E-state index contributed by atoms with van der Waals surface area (Å²) in [5.74, 6) is -0.114. The quantitative estimate of drug-likeness (QED) is 0.864. The third-order valence-corrected chi connectivity index (χ3v) is 4.07. The molecule has 2 aromatic carbocycles. The van der Waals surface area contributed by atoms with Crippen molar-refractivity contribution in [1.29, 1.82) is 0 Å². The molecule has 1 aliphatic rings. The zero-order valence-electron chi connectivity index (χ0n) is 10.5. The number of nitrogens with two attached hydrogens (primary N) is 1. The van der Waals surface area contributed by atoms with Crippen LogP contribution < -0.4 is 10.6 Å². The Morgan fingerprint density at radius 1 is 1.00 bits per heavy atom. The van der Waals surface area contributed by atoms with Gasteiger partial charge in [0.05, 0.1) is 6.04 Å². The van der Waals surface area contributed by atoms with E-state index in [0.717, 1.165) is 11.3 Å². The van der Waals surface area contributed by atoms with Crippen LogP contribution in [-0.2, 0) is 4.79 Å². The molecule has 2 N–H and O–H groups in total. The number of hydrogen-bond donors (Lipinski definition) is 1. The zero-order chi connectivity index (χ0) is 14.3. The van der Waals surface area contributed by atoms with Gasteiger partial charge < -0.3 is 10.6 Å². The Hall–Kier alpha value is -1.55.